The van der Waals surface area contributed by atoms with Crippen molar-refractivity contribution in [2.24, 2.45) is 0 Å². The Bertz CT molecular complexity index is 654. The van der Waals surface area contributed by atoms with Crippen molar-refractivity contribution in [2.45, 2.75) is 13.0 Å². The van der Waals surface area contributed by atoms with E-state index in [9.17, 15) is 0 Å². The predicted molar refractivity (Wildman–Crippen MR) is 70.4 cm³/mol. The highest BCUT2D eigenvalue weighted by atomic mass is 32.1. The monoisotopic (exact) mass is 276 g/mol. The number of fused-ring (bicyclic) bond motifs is 1. The van der Waals surface area contributed by atoms with Crippen molar-refractivity contribution < 1.29 is 9.47 Å². The Morgan fingerprint density at radius 3 is 3.00 bits per heavy atom. The fraction of sp³-hybridized carbons (Fsp3) is 0.333. The van der Waals surface area contributed by atoms with Gasteiger partial charge in [0.2, 0.25) is 5.88 Å². The van der Waals surface area contributed by atoms with E-state index < -0.39 is 0 Å². The molecule has 1 N–H and O–H groups in total. The summed E-state index contributed by atoms with van der Waals surface area (Å²) in [6, 6.07) is 3.54. The fourth-order valence-electron chi connectivity index (χ4n) is 1.93. The summed E-state index contributed by atoms with van der Waals surface area (Å²) in [4.78, 5) is 7.61. The van der Waals surface area contributed by atoms with Crippen LogP contribution in [0, 0.1) is 4.64 Å². The molecular weight excluding hydrogens is 264 g/mol. The Morgan fingerprint density at radius 2 is 2.26 bits per heavy atom. The maximum Gasteiger partial charge on any atom is 0.233 e. The molecule has 0 unspecified atom stereocenters. The SMILES string of the molecule is COc1ccc(-c2nc(=S)c3c([nH]2)CCOC3)nn1. The van der Waals surface area contributed by atoms with E-state index in [0.717, 1.165) is 17.7 Å². The molecule has 0 aromatic carbocycles. The van der Waals surface area contributed by atoms with Crippen LogP contribution >= 0.6 is 12.2 Å². The number of hydrogen-bond acceptors (Lipinski definition) is 6. The zero-order chi connectivity index (χ0) is 13.2. The number of hydrogen-bond donors (Lipinski definition) is 1. The van der Waals surface area contributed by atoms with Crippen molar-refractivity contribution in [1.82, 2.24) is 20.2 Å². The molecule has 0 radical (unpaired) electrons. The summed E-state index contributed by atoms with van der Waals surface area (Å²) in [5, 5.41) is 7.99. The summed E-state index contributed by atoms with van der Waals surface area (Å²) in [6.07, 6.45) is 0.804. The molecule has 0 spiro atoms. The second-order valence-corrected chi connectivity index (χ2v) is 4.50. The lowest BCUT2D eigenvalue weighted by Gasteiger charge is -2.16. The van der Waals surface area contributed by atoms with Gasteiger partial charge in [-0.1, -0.05) is 12.2 Å². The third kappa shape index (κ3) is 2.34. The van der Waals surface area contributed by atoms with Crippen LogP contribution in [-0.4, -0.2) is 33.9 Å². The standard InChI is InChI=1S/C12H12N4O2S/c1-17-10-3-2-9(15-16-10)11-13-8-4-5-18-6-7(8)12(19)14-11/h2-3H,4-6H2,1H3,(H,13,14,19). The lowest BCUT2D eigenvalue weighted by Crippen LogP contribution is -2.14. The van der Waals surface area contributed by atoms with E-state index in [-0.39, 0.29) is 0 Å². The van der Waals surface area contributed by atoms with E-state index in [0.29, 0.717) is 35.3 Å². The third-order valence-corrected chi connectivity index (χ3v) is 3.28. The Kier molecular flexibility index (Phi) is 3.22. The van der Waals surface area contributed by atoms with Crippen molar-refractivity contribution >= 4 is 12.2 Å². The van der Waals surface area contributed by atoms with Crippen LogP contribution in [0.25, 0.3) is 11.5 Å². The van der Waals surface area contributed by atoms with Gasteiger partial charge in [-0.25, -0.2) is 4.98 Å². The van der Waals surface area contributed by atoms with Crippen molar-refractivity contribution in [1.29, 1.82) is 0 Å². The van der Waals surface area contributed by atoms with Crippen LogP contribution in [0.15, 0.2) is 12.1 Å². The van der Waals surface area contributed by atoms with Crippen molar-refractivity contribution in [3.05, 3.63) is 28.0 Å². The summed E-state index contributed by atoms with van der Waals surface area (Å²) in [7, 11) is 1.55. The first kappa shape index (κ1) is 12.2. The number of nitrogens with one attached hydrogen (secondary N) is 1. The smallest absolute Gasteiger partial charge is 0.233 e. The van der Waals surface area contributed by atoms with Gasteiger partial charge in [-0.2, -0.15) is 0 Å². The van der Waals surface area contributed by atoms with E-state index in [1.165, 1.54) is 0 Å². The first-order valence-corrected chi connectivity index (χ1v) is 6.26. The van der Waals surface area contributed by atoms with Crippen molar-refractivity contribution in [3.63, 3.8) is 0 Å². The molecule has 0 atom stereocenters. The molecule has 0 fully saturated rings. The molecule has 2 aromatic rings. The van der Waals surface area contributed by atoms with Gasteiger partial charge in [0.15, 0.2) is 5.82 Å². The molecule has 1 aliphatic heterocycles. The number of aromatic nitrogens is 4. The minimum Gasteiger partial charge on any atom is -0.480 e. The number of methoxy groups -OCH3 is 1. The third-order valence-electron chi connectivity index (χ3n) is 2.94. The van der Waals surface area contributed by atoms with Crippen LogP contribution in [0.2, 0.25) is 0 Å². The Morgan fingerprint density at radius 1 is 1.37 bits per heavy atom. The first-order valence-electron chi connectivity index (χ1n) is 5.86. The zero-order valence-corrected chi connectivity index (χ0v) is 11.2. The van der Waals surface area contributed by atoms with Gasteiger partial charge >= 0.3 is 0 Å². The van der Waals surface area contributed by atoms with E-state index >= 15 is 0 Å². The van der Waals surface area contributed by atoms with E-state index in [2.05, 4.69) is 20.2 Å². The number of rotatable bonds is 2. The summed E-state index contributed by atoms with van der Waals surface area (Å²) >= 11 is 5.29. The van der Waals surface area contributed by atoms with E-state index in [1.54, 1.807) is 19.2 Å². The number of H-pyrrole nitrogens is 1. The molecule has 3 heterocycles. The van der Waals surface area contributed by atoms with E-state index in [4.69, 9.17) is 21.7 Å². The molecule has 3 rings (SSSR count). The molecule has 1 aliphatic rings. The van der Waals surface area contributed by atoms with Crippen LogP contribution in [-0.2, 0) is 17.8 Å². The molecule has 19 heavy (non-hydrogen) atoms. The second-order valence-electron chi connectivity index (χ2n) is 4.11. The van der Waals surface area contributed by atoms with Crippen molar-refractivity contribution in [2.75, 3.05) is 13.7 Å². The highest BCUT2D eigenvalue weighted by molar-refractivity contribution is 7.71. The quantitative estimate of drug-likeness (QED) is 0.841. The van der Waals surface area contributed by atoms with Crippen molar-refractivity contribution in [3.8, 4) is 17.4 Å². The molecule has 2 aromatic heterocycles. The Hall–Kier alpha value is -1.86. The maximum atomic E-state index is 5.38. The minimum absolute atomic E-state index is 0.466. The second kappa shape index (κ2) is 5.02. The lowest BCUT2D eigenvalue weighted by atomic mass is 10.1. The van der Waals surface area contributed by atoms with Gasteiger partial charge in [0.1, 0.15) is 10.3 Å². The molecule has 0 saturated carbocycles. The van der Waals surface area contributed by atoms with Gasteiger partial charge in [-0.05, 0) is 6.07 Å². The molecule has 0 aliphatic carbocycles. The molecule has 0 bridgehead atoms. The summed E-state index contributed by atoms with van der Waals surface area (Å²) < 4.78 is 10.9. The van der Waals surface area contributed by atoms with Crippen LogP contribution < -0.4 is 4.74 Å². The van der Waals surface area contributed by atoms with Crippen LogP contribution in [0.3, 0.4) is 0 Å². The number of ether oxygens (including phenoxy) is 2. The van der Waals surface area contributed by atoms with Gasteiger partial charge in [0, 0.05) is 23.7 Å². The fourth-order valence-corrected chi connectivity index (χ4v) is 2.21. The number of aromatic amines is 1. The molecule has 7 heteroatoms. The first-order chi connectivity index (χ1) is 9.28. The van der Waals surface area contributed by atoms with E-state index in [1.807, 2.05) is 0 Å². The maximum absolute atomic E-state index is 5.38. The summed E-state index contributed by atoms with van der Waals surface area (Å²) in [6.45, 7) is 1.21. The largest absolute Gasteiger partial charge is 0.480 e. The van der Waals surface area contributed by atoms with Gasteiger partial charge in [0.25, 0.3) is 0 Å². The average molecular weight is 276 g/mol. The van der Waals surface area contributed by atoms with Gasteiger partial charge in [-0.15, -0.1) is 10.2 Å². The van der Waals surface area contributed by atoms with Crippen LogP contribution in [0.5, 0.6) is 5.88 Å². The zero-order valence-electron chi connectivity index (χ0n) is 10.3. The average Bonchev–Trinajstić information content (AvgIpc) is 2.47. The van der Waals surface area contributed by atoms with Crippen LogP contribution in [0.4, 0.5) is 0 Å². The Balaban J connectivity index is 2.05. The molecular formula is C12H12N4O2S. The topological polar surface area (TPSA) is 72.9 Å². The predicted octanol–water partition coefficient (Wildman–Crippen LogP) is 1.68. The molecule has 98 valence electrons. The molecule has 6 nitrogen and oxygen atoms in total. The van der Waals surface area contributed by atoms with Gasteiger partial charge < -0.3 is 14.5 Å². The highest BCUT2D eigenvalue weighted by Crippen LogP contribution is 2.20. The van der Waals surface area contributed by atoms with Crippen LogP contribution in [0.1, 0.15) is 11.3 Å². The molecule has 0 saturated heterocycles. The van der Waals surface area contributed by atoms with Gasteiger partial charge in [0.05, 0.1) is 20.3 Å². The lowest BCUT2D eigenvalue weighted by molar-refractivity contribution is 0.108. The Labute approximate surface area is 114 Å². The molecule has 0 amide bonds. The minimum atomic E-state index is 0.466. The summed E-state index contributed by atoms with van der Waals surface area (Å²) in [5.74, 6) is 1.09. The van der Waals surface area contributed by atoms with Gasteiger partial charge in [-0.3, -0.25) is 0 Å². The highest BCUT2D eigenvalue weighted by Gasteiger charge is 2.15. The summed E-state index contributed by atoms with van der Waals surface area (Å²) in [5.41, 5.74) is 2.67. The number of nitrogens with zero attached hydrogens (tertiary/aromatic N) is 3. The normalized spacial score (nSPS) is 13.9.